The van der Waals surface area contributed by atoms with Gasteiger partial charge in [0.2, 0.25) is 0 Å². The molecule has 0 amide bonds. The van der Waals surface area contributed by atoms with Gasteiger partial charge in [0.05, 0.1) is 0 Å². The molecule has 1 N–H and O–H groups in total. The molecule has 0 aliphatic rings. The molecule has 0 unspecified atom stereocenters. The summed E-state index contributed by atoms with van der Waals surface area (Å²) >= 11 is 5.72. The van der Waals surface area contributed by atoms with Crippen molar-refractivity contribution >= 4 is 29.7 Å². The van der Waals surface area contributed by atoms with Crippen LogP contribution in [0.3, 0.4) is 0 Å². The van der Waals surface area contributed by atoms with Crippen LogP contribution in [0.5, 0.6) is 0 Å². The smallest absolute Gasteiger partial charge is 0.339 e. The monoisotopic (exact) mass is 266 g/mol. The molecular weight excluding hydrogens is 256 g/mol. The maximum atomic E-state index is 10.8. The zero-order chi connectivity index (χ0) is 13.3. The van der Waals surface area contributed by atoms with Crippen LogP contribution in [-0.4, -0.2) is 11.1 Å². The minimum Gasteiger partial charge on any atom is -0.478 e. The van der Waals surface area contributed by atoms with Gasteiger partial charge in [0.1, 0.15) is 22.8 Å². The Kier molecular flexibility index (Phi) is 3.30. The zero-order valence-electron chi connectivity index (χ0n) is 9.86. The molecule has 0 saturated carbocycles. The van der Waals surface area contributed by atoms with Gasteiger partial charge in [-0.2, -0.15) is 0 Å². The highest BCUT2D eigenvalue weighted by Gasteiger charge is 2.12. The van der Waals surface area contributed by atoms with Gasteiger partial charge in [0.15, 0.2) is 5.22 Å². The predicted octanol–water partition coefficient (Wildman–Crippen LogP) is 4.01. The van der Waals surface area contributed by atoms with Crippen LogP contribution < -0.4 is 0 Å². The highest BCUT2D eigenvalue weighted by molar-refractivity contribution is 6.29. The van der Waals surface area contributed by atoms with Gasteiger partial charge in [-0.1, -0.05) is 0 Å². The number of hydrogen-bond donors (Lipinski definition) is 1. The summed E-state index contributed by atoms with van der Waals surface area (Å²) in [5, 5.41) is 9.21. The van der Waals surface area contributed by atoms with Crippen molar-refractivity contribution < 1.29 is 18.7 Å². The fourth-order valence-corrected chi connectivity index (χ4v) is 1.83. The van der Waals surface area contributed by atoms with Crippen LogP contribution in [0.4, 0.5) is 0 Å². The third-order valence-corrected chi connectivity index (χ3v) is 2.68. The Morgan fingerprint density at radius 1 is 1.28 bits per heavy atom. The SMILES string of the molecule is Cc1cc(Cl)oc1/C=C/c1cc(C(=O)O)c(C)o1. The second kappa shape index (κ2) is 4.74. The highest BCUT2D eigenvalue weighted by atomic mass is 35.5. The van der Waals surface area contributed by atoms with E-state index in [4.69, 9.17) is 25.5 Å². The van der Waals surface area contributed by atoms with Crippen molar-refractivity contribution in [2.45, 2.75) is 13.8 Å². The summed E-state index contributed by atoms with van der Waals surface area (Å²) in [6, 6.07) is 3.17. The first-order valence-corrected chi connectivity index (χ1v) is 5.63. The summed E-state index contributed by atoms with van der Waals surface area (Å²) in [4.78, 5) is 10.8. The van der Waals surface area contributed by atoms with E-state index >= 15 is 0 Å². The fourth-order valence-electron chi connectivity index (χ4n) is 1.58. The summed E-state index contributed by atoms with van der Waals surface area (Å²) in [6.45, 7) is 3.47. The Bertz CT molecular complexity index is 619. The van der Waals surface area contributed by atoms with E-state index in [0.29, 0.717) is 22.5 Å². The number of aromatic carboxylic acids is 1. The van der Waals surface area contributed by atoms with E-state index < -0.39 is 5.97 Å². The Balaban J connectivity index is 2.26. The third-order valence-electron chi connectivity index (χ3n) is 2.49. The number of carboxylic acid groups (broad SMARTS) is 1. The van der Waals surface area contributed by atoms with Gasteiger partial charge in [-0.25, -0.2) is 4.79 Å². The normalized spacial score (nSPS) is 11.3. The second-order valence-electron chi connectivity index (χ2n) is 3.85. The van der Waals surface area contributed by atoms with Crippen molar-refractivity contribution in [1.29, 1.82) is 0 Å². The van der Waals surface area contributed by atoms with Crippen LogP contribution in [0.15, 0.2) is 21.0 Å². The molecule has 0 bridgehead atoms. The molecule has 0 atom stereocenters. The molecule has 2 aromatic heterocycles. The molecule has 0 saturated heterocycles. The van der Waals surface area contributed by atoms with Crippen molar-refractivity contribution in [3.05, 3.63) is 45.8 Å². The quantitative estimate of drug-likeness (QED) is 0.911. The van der Waals surface area contributed by atoms with Gasteiger partial charge < -0.3 is 13.9 Å². The zero-order valence-corrected chi connectivity index (χ0v) is 10.6. The summed E-state index contributed by atoms with van der Waals surface area (Å²) < 4.78 is 10.5. The maximum absolute atomic E-state index is 10.8. The lowest BCUT2D eigenvalue weighted by Gasteiger charge is -1.88. The first kappa shape index (κ1) is 12.5. The summed E-state index contributed by atoms with van der Waals surface area (Å²) in [6.07, 6.45) is 3.33. The van der Waals surface area contributed by atoms with Gasteiger partial charge in [0.25, 0.3) is 0 Å². The number of carbonyl (C=O) groups is 1. The summed E-state index contributed by atoms with van der Waals surface area (Å²) in [5.41, 5.74) is 1.06. The van der Waals surface area contributed by atoms with Gasteiger partial charge in [0, 0.05) is 0 Å². The molecule has 2 heterocycles. The maximum Gasteiger partial charge on any atom is 0.339 e. The fraction of sp³-hybridized carbons (Fsp3) is 0.154. The van der Waals surface area contributed by atoms with Gasteiger partial charge in [-0.3, -0.25) is 0 Å². The minimum absolute atomic E-state index is 0.156. The molecule has 0 spiro atoms. The Morgan fingerprint density at radius 2 is 2.00 bits per heavy atom. The first-order chi connectivity index (χ1) is 8.47. The third kappa shape index (κ3) is 2.49. The van der Waals surface area contributed by atoms with Crippen molar-refractivity contribution in [3.8, 4) is 0 Å². The molecule has 2 rings (SSSR count). The Hall–Kier alpha value is -1.94. The number of aryl methyl sites for hydroxylation is 2. The van der Waals surface area contributed by atoms with E-state index in [1.807, 2.05) is 6.92 Å². The second-order valence-corrected chi connectivity index (χ2v) is 4.23. The van der Waals surface area contributed by atoms with Crippen molar-refractivity contribution in [2.75, 3.05) is 0 Å². The molecular formula is C13H11ClO4. The molecule has 0 aromatic carbocycles. The van der Waals surface area contributed by atoms with E-state index in [1.54, 1.807) is 25.1 Å². The number of furan rings is 2. The Labute approximate surface area is 108 Å². The average Bonchev–Trinajstić information content (AvgIpc) is 2.79. The topological polar surface area (TPSA) is 63.6 Å². The molecule has 0 fully saturated rings. The number of halogens is 1. The molecule has 5 heteroatoms. The molecule has 0 aliphatic carbocycles. The molecule has 18 heavy (non-hydrogen) atoms. The van der Waals surface area contributed by atoms with E-state index in [9.17, 15) is 4.79 Å². The minimum atomic E-state index is -1.01. The van der Waals surface area contributed by atoms with E-state index in [1.165, 1.54) is 6.07 Å². The van der Waals surface area contributed by atoms with Crippen LogP contribution in [-0.2, 0) is 0 Å². The summed E-state index contributed by atoms with van der Waals surface area (Å²) in [5.74, 6) is 0.437. The highest BCUT2D eigenvalue weighted by Crippen LogP contribution is 2.22. The van der Waals surface area contributed by atoms with Crippen LogP contribution >= 0.6 is 11.6 Å². The van der Waals surface area contributed by atoms with Gasteiger partial charge in [-0.05, 0) is 55.3 Å². The summed E-state index contributed by atoms with van der Waals surface area (Å²) in [7, 11) is 0. The van der Waals surface area contributed by atoms with Gasteiger partial charge in [-0.15, -0.1) is 0 Å². The van der Waals surface area contributed by atoms with Crippen LogP contribution in [0.2, 0.25) is 5.22 Å². The number of carboxylic acids is 1. The van der Waals surface area contributed by atoms with Crippen molar-refractivity contribution in [3.63, 3.8) is 0 Å². The van der Waals surface area contributed by atoms with Crippen LogP contribution in [0.1, 0.15) is 33.2 Å². The lowest BCUT2D eigenvalue weighted by molar-refractivity contribution is 0.0695. The average molecular weight is 267 g/mol. The van der Waals surface area contributed by atoms with E-state index in [2.05, 4.69) is 0 Å². The largest absolute Gasteiger partial charge is 0.478 e. The lowest BCUT2D eigenvalue weighted by atomic mass is 10.2. The number of hydrogen-bond acceptors (Lipinski definition) is 3. The molecule has 0 aliphatic heterocycles. The standard InChI is InChI=1S/C13H11ClO4/c1-7-5-12(14)18-11(7)4-3-9-6-10(13(15)16)8(2)17-9/h3-6H,1-2H3,(H,15,16)/b4-3+. The lowest BCUT2D eigenvalue weighted by Crippen LogP contribution is -1.94. The van der Waals surface area contributed by atoms with E-state index in [-0.39, 0.29) is 5.56 Å². The molecule has 94 valence electrons. The van der Waals surface area contributed by atoms with Crippen molar-refractivity contribution in [1.82, 2.24) is 0 Å². The molecule has 2 aromatic rings. The van der Waals surface area contributed by atoms with Crippen molar-refractivity contribution in [2.24, 2.45) is 0 Å². The molecule has 0 radical (unpaired) electrons. The molecule has 4 nitrogen and oxygen atoms in total. The first-order valence-electron chi connectivity index (χ1n) is 5.25. The Morgan fingerprint density at radius 3 is 2.50 bits per heavy atom. The predicted molar refractivity (Wildman–Crippen MR) is 67.8 cm³/mol. The van der Waals surface area contributed by atoms with Crippen LogP contribution in [0.25, 0.3) is 12.2 Å². The number of rotatable bonds is 3. The van der Waals surface area contributed by atoms with Crippen LogP contribution in [0, 0.1) is 13.8 Å². The van der Waals surface area contributed by atoms with Gasteiger partial charge >= 0.3 is 5.97 Å². The van der Waals surface area contributed by atoms with E-state index in [0.717, 1.165) is 5.56 Å².